The number of nitrogens with zero attached hydrogens (tertiary/aromatic N) is 2. The summed E-state index contributed by atoms with van der Waals surface area (Å²) < 4.78 is 7.95. The van der Waals surface area contributed by atoms with Crippen molar-refractivity contribution < 1.29 is 4.74 Å². The van der Waals surface area contributed by atoms with Crippen LogP contribution in [-0.4, -0.2) is 23.5 Å². The predicted molar refractivity (Wildman–Crippen MR) is 76.8 cm³/mol. The summed E-state index contributed by atoms with van der Waals surface area (Å²) in [6.45, 7) is 1.35. The number of ether oxygens (including phenoxy) is 1. The molecule has 2 rings (SSSR count). The number of halogens is 1. The first-order chi connectivity index (χ1) is 8.72. The van der Waals surface area contributed by atoms with E-state index in [1.54, 1.807) is 24.6 Å². The summed E-state index contributed by atoms with van der Waals surface area (Å²) in [5.41, 5.74) is 8.57. The maximum Gasteiger partial charge on any atom is 0.0697 e. The Balaban J connectivity index is 2.13. The van der Waals surface area contributed by atoms with Gasteiger partial charge in [-0.15, -0.1) is 0 Å². The second-order valence-corrected chi connectivity index (χ2v) is 5.67. The van der Waals surface area contributed by atoms with Gasteiger partial charge in [0.1, 0.15) is 0 Å². The van der Waals surface area contributed by atoms with Gasteiger partial charge in [-0.05, 0) is 44.7 Å². The van der Waals surface area contributed by atoms with Crippen molar-refractivity contribution in [1.29, 1.82) is 0 Å². The molecule has 2 aromatic heterocycles. The molecule has 0 aliphatic rings. The normalized spacial score (nSPS) is 12.8. The lowest BCUT2D eigenvalue weighted by Crippen LogP contribution is -2.20. The molecule has 0 fully saturated rings. The smallest absolute Gasteiger partial charge is 0.0697 e. The molecule has 98 valence electrons. The highest BCUT2D eigenvalue weighted by Gasteiger charge is 2.17. The van der Waals surface area contributed by atoms with E-state index < -0.39 is 0 Å². The topological polar surface area (TPSA) is 53.1 Å². The Hall–Kier alpha value is -0.690. The molecule has 0 spiro atoms. The number of methoxy groups -OCH3 is 1. The lowest BCUT2D eigenvalue weighted by molar-refractivity contribution is 0.182. The van der Waals surface area contributed by atoms with Gasteiger partial charge in [0.05, 0.1) is 35.6 Å². The van der Waals surface area contributed by atoms with Gasteiger partial charge in [-0.3, -0.25) is 4.68 Å². The first kappa shape index (κ1) is 13.7. The minimum absolute atomic E-state index is 0.0617. The van der Waals surface area contributed by atoms with Crippen LogP contribution < -0.4 is 5.73 Å². The first-order valence-corrected chi connectivity index (χ1v) is 7.42. The summed E-state index contributed by atoms with van der Waals surface area (Å²) in [7, 11) is 1.68. The van der Waals surface area contributed by atoms with E-state index in [0.717, 1.165) is 23.1 Å². The standard InChI is InChI=1S/C12H16BrN3OS/c1-17-4-3-16-12(10(13)7-15-16)11(14)6-9-2-5-18-8-9/h2,5,7-8,11H,3-4,6,14H2,1H3. The SMILES string of the molecule is COCCn1ncc(Br)c1C(N)Cc1ccsc1. The fourth-order valence-corrected chi connectivity index (χ4v) is 3.13. The van der Waals surface area contributed by atoms with Crippen LogP contribution in [0, 0.1) is 0 Å². The first-order valence-electron chi connectivity index (χ1n) is 5.69. The van der Waals surface area contributed by atoms with Crippen molar-refractivity contribution in [3.05, 3.63) is 38.8 Å². The van der Waals surface area contributed by atoms with Crippen LogP contribution in [0.2, 0.25) is 0 Å². The summed E-state index contributed by atoms with van der Waals surface area (Å²) in [5.74, 6) is 0. The van der Waals surface area contributed by atoms with Crippen molar-refractivity contribution in [3.8, 4) is 0 Å². The summed E-state index contributed by atoms with van der Waals surface area (Å²) >= 11 is 5.20. The molecule has 2 N–H and O–H groups in total. The third-order valence-corrected chi connectivity index (χ3v) is 4.07. The van der Waals surface area contributed by atoms with E-state index in [1.807, 2.05) is 4.68 Å². The third-order valence-electron chi connectivity index (χ3n) is 2.73. The molecule has 0 aliphatic heterocycles. The Morgan fingerprint density at radius 3 is 3.11 bits per heavy atom. The Labute approximate surface area is 119 Å². The number of rotatable bonds is 6. The van der Waals surface area contributed by atoms with Gasteiger partial charge in [-0.2, -0.15) is 16.4 Å². The molecule has 0 saturated carbocycles. The maximum atomic E-state index is 6.28. The van der Waals surface area contributed by atoms with Crippen LogP contribution in [0.25, 0.3) is 0 Å². The fraction of sp³-hybridized carbons (Fsp3) is 0.417. The molecule has 2 heterocycles. The average Bonchev–Trinajstić information content (AvgIpc) is 2.96. The van der Waals surface area contributed by atoms with Crippen molar-refractivity contribution in [2.75, 3.05) is 13.7 Å². The second-order valence-electron chi connectivity index (χ2n) is 4.04. The van der Waals surface area contributed by atoms with Crippen LogP contribution in [0.15, 0.2) is 27.5 Å². The minimum Gasteiger partial charge on any atom is -0.383 e. The summed E-state index contributed by atoms with van der Waals surface area (Å²) in [6.07, 6.45) is 2.61. The zero-order valence-corrected chi connectivity index (χ0v) is 12.6. The van der Waals surface area contributed by atoms with Crippen molar-refractivity contribution in [2.45, 2.75) is 19.0 Å². The molecule has 0 aromatic carbocycles. The van der Waals surface area contributed by atoms with E-state index in [2.05, 4.69) is 37.9 Å². The lowest BCUT2D eigenvalue weighted by atomic mass is 10.1. The van der Waals surface area contributed by atoms with Gasteiger partial charge in [0, 0.05) is 7.11 Å². The molecule has 0 aliphatic carbocycles. The van der Waals surface area contributed by atoms with Gasteiger partial charge in [-0.1, -0.05) is 0 Å². The minimum atomic E-state index is -0.0617. The van der Waals surface area contributed by atoms with E-state index in [0.29, 0.717) is 6.61 Å². The molecule has 4 nitrogen and oxygen atoms in total. The Bertz CT molecular complexity index is 483. The molecular formula is C12H16BrN3OS. The zero-order valence-electron chi connectivity index (χ0n) is 10.2. The lowest BCUT2D eigenvalue weighted by Gasteiger charge is -2.14. The molecule has 18 heavy (non-hydrogen) atoms. The molecule has 0 radical (unpaired) electrons. The quantitative estimate of drug-likeness (QED) is 0.886. The Kier molecular flexibility index (Phi) is 4.94. The van der Waals surface area contributed by atoms with Crippen molar-refractivity contribution in [2.24, 2.45) is 5.73 Å². The number of aromatic nitrogens is 2. The predicted octanol–water partition coefficient (Wildman–Crippen LogP) is 2.60. The number of hydrogen-bond acceptors (Lipinski definition) is 4. The molecule has 1 unspecified atom stereocenters. The molecule has 2 aromatic rings. The molecule has 0 bridgehead atoms. The molecular weight excluding hydrogens is 314 g/mol. The van der Waals surface area contributed by atoms with E-state index in [1.165, 1.54) is 5.56 Å². The molecule has 0 amide bonds. The van der Waals surface area contributed by atoms with Crippen molar-refractivity contribution >= 4 is 27.3 Å². The summed E-state index contributed by atoms with van der Waals surface area (Å²) in [5, 5.41) is 8.51. The van der Waals surface area contributed by atoms with Crippen LogP contribution in [0.3, 0.4) is 0 Å². The summed E-state index contributed by atoms with van der Waals surface area (Å²) in [4.78, 5) is 0. The number of nitrogens with two attached hydrogens (primary N) is 1. The van der Waals surface area contributed by atoms with E-state index in [9.17, 15) is 0 Å². The number of thiophene rings is 1. The zero-order chi connectivity index (χ0) is 13.0. The fourth-order valence-electron chi connectivity index (χ4n) is 1.86. The number of hydrogen-bond donors (Lipinski definition) is 1. The molecule has 6 heteroatoms. The van der Waals surface area contributed by atoms with E-state index in [4.69, 9.17) is 10.5 Å². The Morgan fingerprint density at radius 1 is 1.61 bits per heavy atom. The van der Waals surface area contributed by atoms with Gasteiger partial charge in [0.25, 0.3) is 0 Å². The largest absolute Gasteiger partial charge is 0.383 e. The van der Waals surface area contributed by atoms with Crippen LogP contribution >= 0.6 is 27.3 Å². The van der Waals surface area contributed by atoms with E-state index >= 15 is 0 Å². The van der Waals surface area contributed by atoms with Crippen LogP contribution in [-0.2, 0) is 17.7 Å². The van der Waals surface area contributed by atoms with Gasteiger partial charge < -0.3 is 10.5 Å². The maximum absolute atomic E-state index is 6.28. The monoisotopic (exact) mass is 329 g/mol. The highest BCUT2D eigenvalue weighted by atomic mass is 79.9. The van der Waals surface area contributed by atoms with Crippen molar-refractivity contribution in [1.82, 2.24) is 9.78 Å². The van der Waals surface area contributed by atoms with Gasteiger partial charge in [0.15, 0.2) is 0 Å². The molecule has 0 saturated heterocycles. The highest BCUT2D eigenvalue weighted by Crippen LogP contribution is 2.25. The van der Waals surface area contributed by atoms with Crippen LogP contribution in [0.4, 0.5) is 0 Å². The average molecular weight is 330 g/mol. The third kappa shape index (κ3) is 3.20. The van der Waals surface area contributed by atoms with Crippen LogP contribution in [0.5, 0.6) is 0 Å². The van der Waals surface area contributed by atoms with Gasteiger partial charge in [-0.25, -0.2) is 0 Å². The highest BCUT2D eigenvalue weighted by molar-refractivity contribution is 9.10. The van der Waals surface area contributed by atoms with Crippen molar-refractivity contribution in [3.63, 3.8) is 0 Å². The van der Waals surface area contributed by atoms with E-state index in [-0.39, 0.29) is 6.04 Å². The van der Waals surface area contributed by atoms with Gasteiger partial charge in [0.2, 0.25) is 0 Å². The summed E-state index contributed by atoms with van der Waals surface area (Å²) in [6, 6.07) is 2.04. The molecule has 1 atom stereocenters. The Morgan fingerprint density at radius 2 is 2.44 bits per heavy atom. The van der Waals surface area contributed by atoms with Gasteiger partial charge >= 0.3 is 0 Å². The van der Waals surface area contributed by atoms with Crippen LogP contribution in [0.1, 0.15) is 17.3 Å². The second kappa shape index (κ2) is 6.47.